The van der Waals surface area contributed by atoms with Gasteiger partial charge in [0.2, 0.25) is 0 Å². The van der Waals surface area contributed by atoms with Gasteiger partial charge in [0.25, 0.3) is 0 Å². The molecule has 0 spiro atoms. The van der Waals surface area contributed by atoms with Crippen LogP contribution in [-0.2, 0) is 0 Å². The predicted molar refractivity (Wildman–Crippen MR) is 83.9 cm³/mol. The molecule has 1 aromatic carbocycles. The molecule has 0 amide bonds. The molecular weight excluding hydrogens is 236 g/mol. The van der Waals surface area contributed by atoms with Crippen LogP contribution in [0.2, 0.25) is 0 Å². The summed E-state index contributed by atoms with van der Waals surface area (Å²) in [6.07, 6.45) is 7.92. The largest absolute Gasteiger partial charge is 0.492 e. The lowest BCUT2D eigenvalue weighted by Crippen LogP contribution is -2.03. The molecule has 0 aliphatic rings. The van der Waals surface area contributed by atoms with Crippen LogP contribution < -0.4 is 15.8 Å². The highest BCUT2D eigenvalue weighted by Crippen LogP contribution is 2.25. The van der Waals surface area contributed by atoms with Gasteiger partial charge in [-0.05, 0) is 25.5 Å². The van der Waals surface area contributed by atoms with Crippen molar-refractivity contribution in [1.82, 2.24) is 0 Å². The van der Waals surface area contributed by atoms with Gasteiger partial charge in [-0.2, -0.15) is 0 Å². The van der Waals surface area contributed by atoms with Crippen molar-refractivity contribution in [2.45, 2.75) is 52.4 Å². The van der Waals surface area contributed by atoms with Crippen molar-refractivity contribution in [3.05, 3.63) is 18.2 Å². The summed E-state index contributed by atoms with van der Waals surface area (Å²) in [5, 5.41) is 3.43. The van der Waals surface area contributed by atoms with E-state index in [4.69, 9.17) is 10.5 Å². The molecule has 3 nitrogen and oxygen atoms in total. The molecule has 0 atom stereocenters. The molecule has 0 aromatic heterocycles. The van der Waals surface area contributed by atoms with Crippen LogP contribution in [0.15, 0.2) is 18.2 Å². The third kappa shape index (κ3) is 6.37. The second kappa shape index (κ2) is 9.54. The number of rotatable bonds is 10. The first-order valence-corrected chi connectivity index (χ1v) is 7.54. The minimum Gasteiger partial charge on any atom is -0.492 e. The van der Waals surface area contributed by atoms with Gasteiger partial charge in [-0.15, -0.1) is 0 Å². The molecule has 3 heteroatoms. The molecule has 1 aromatic rings. The summed E-state index contributed by atoms with van der Waals surface area (Å²) in [4.78, 5) is 0. The standard InChI is InChI=1S/C16H28N2O/c1-3-5-6-7-8-9-12-18-14-10-11-15(17)16(13-14)19-4-2/h10-11,13,18H,3-9,12,17H2,1-2H3. The number of anilines is 2. The third-order valence-corrected chi connectivity index (χ3v) is 3.17. The summed E-state index contributed by atoms with van der Waals surface area (Å²) in [6, 6.07) is 5.89. The number of nitrogen functional groups attached to an aromatic ring is 1. The first kappa shape index (κ1) is 15.7. The Morgan fingerprint density at radius 2 is 1.79 bits per heavy atom. The highest BCUT2D eigenvalue weighted by molar-refractivity contribution is 5.61. The quantitative estimate of drug-likeness (QED) is 0.485. The van der Waals surface area contributed by atoms with E-state index in [2.05, 4.69) is 12.2 Å². The van der Waals surface area contributed by atoms with Crippen LogP contribution >= 0.6 is 0 Å². The average molecular weight is 264 g/mol. The first-order chi connectivity index (χ1) is 9.27. The monoisotopic (exact) mass is 264 g/mol. The van der Waals surface area contributed by atoms with Crippen LogP contribution in [0.1, 0.15) is 52.4 Å². The number of hydrogen-bond donors (Lipinski definition) is 2. The molecule has 0 heterocycles. The van der Waals surface area contributed by atoms with Crippen molar-refractivity contribution in [3.63, 3.8) is 0 Å². The van der Waals surface area contributed by atoms with E-state index in [1.165, 1.54) is 38.5 Å². The maximum atomic E-state index is 5.85. The van der Waals surface area contributed by atoms with Gasteiger partial charge >= 0.3 is 0 Å². The fourth-order valence-corrected chi connectivity index (χ4v) is 2.06. The average Bonchev–Trinajstić information content (AvgIpc) is 2.41. The van der Waals surface area contributed by atoms with Crippen LogP contribution in [0, 0.1) is 0 Å². The minimum absolute atomic E-state index is 0.644. The van der Waals surface area contributed by atoms with Gasteiger partial charge in [0.1, 0.15) is 5.75 Å². The zero-order valence-corrected chi connectivity index (χ0v) is 12.4. The molecule has 0 bridgehead atoms. The molecule has 0 unspecified atom stereocenters. The molecule has 0 saturated carbocycles. The van der Waals surface area contributed by atoms with Crippen LogP contribution in [0.4, 0.5) is 11.4 Å². The molecule has 0 aliphatic heterocycles. The van der Waals surface area contributed by atoms with E-state index < -0.39 is 0 Å². The Morgan fingerprint density at radius 3 is 2.53 bits per heavy atom. The Kier molecular flexibility index (Phi) is 7.87. The van der Waals surface area contributed by atoms with Gasteiger partial charge in [0, 0.05) is 18.3 Å². The fraction of sp³-hybridized carbons (Fsp3) is 0.625. The predicted octanol–water partition coefficient (Wildman–Crippen LogP) is 4.44. The molecular formula is C16H28N2O. The Bertz CT molecular complexity index is 353. The SMILES string of the molecule is CCCCCCCCNc1ccc(N)c(OCC)c1. The maximum Gasteiger partial charge on any atom is 0.144 e. The number of benzene rings is 1. The minimum atomic E-state index is 0.644. The van der Waals surface area contributed by atoms with Crippen molar-refractivity contribution < 1.29 is 4.74 Å². The van der Waals surface area contributed by atoms with E-state index in [9.17, 15) is 0 Å². The van der Waals surface area contributed by atoms with Crippen LogP contribution in [0.5, 0.6) is 5.75 Å². The topological polar surface area (TPSA) is 47.3 Å². The van der Waals surface area contributed by atoms with E-state index >= 15 is 0 Å². The third-order valence-electron chi connectivity index (χ3n) is 3.17. The number of hydrogen-bond acceptors (Lipinski definition) is 3. The van der Waals surface area contributed by atoms with E-state index in [0.29, 0.717) is 12.3 Å². The molecule has 0 radical (unpaired) electrons. The van der Waals surface area contributed by atoms with E-state index in [0.717, 1.165) is 18.0 Å². The highest BCUT2D eigenvalue weighted by Gasteiger charge is 2.01. The van der Waals surface area contributed by atoms with Gasteiger partial charge < -0.3 is 15.8 Å². The second-order valence-electron chi connectivity index (χ2n) is 4.88. The number of ether oxygens (including phenoxy) is 1. The van der Waals surface area contributed by atoms with E-state index in [1.54, 1.807) is 0 Å². The highest BCUT2D eigenvalue weighted by atomic mass is 16.5. The zero-order chi connectivity index (χ0) is 13.9. The van der Waals surface area contributed by atoms with Crippen LogP contribution in [0.3, 0.4) is 0 Å². The van der Waals surface area contributed by atoms with E-state index in [-0.39, 0.29) is 0 Å². The summed E-state index contributed by atoms with van der Waals surface area (Å²) in [5.41, 5.74) is 7.64. The normalized spacial score (nSPS) is 10.4. The summed E-state index contributed by atoms with van der Waals surface area (Å²) >= 11 is 0. The summed E-state index contributed by atoms with van der Waals surface area (Å²) in [5.74, 6) is 0.774. The maximum absolute atomic E-state index is 5.85. The number of nitrogens with two attached hydrogens (primary N) is 1. The van der Waals surface area contributed by atoms with Crippen molar-refractivity contribution in [2.24, 2.45) is 0 Å². The van der Waals surface area contributed by atoms with Gasteiger partial charge in [-0.1, -0.05) is 39.0 Å². The number of nitrogens with one attached hydrogen (secondary N) is 1. The lowest BCUT2D eigenvalue weighted by Gasteiger charge is -2.11. The van der Waals surface area contributed by atoms with Crippen molar-refractivity contribution in [2.75, 3.05) is 24.2 Å². The molecule has 0 saturated heterocycles. The molecule has 0 fully saturated rings. The molecule has 19 heavy (non-hydrogen) atoms. The summed E-state index contributed by atoms with van der Waals surface area (Å²) in [6.45, 7) is 5.88. The lowest BCUT2D eigenvalue weighted by molar-refractivity contribution is 0.342. The fourth-order valence-electron chi connectivity index (χ4n) is 2.06. The Labute approximate surface area is 117 Å². The summed E-state index contributed by atoms with van der Waals surface area (Å²) < 4.78 is 5.48. The molecule has 108 valence electrons. The van der Waals surface area contributed by atoms with Crippen molar-refractivity contribution >= 4 is 11.4 Å². The van der Waals surface area contributed by atoms with Gasteiger partial charge in [-0.25, -0.2) is 0 Å². The van der Waals surface area contributed by atoms with Crippen molar-refractivity contribution in [1.29, 1.82) is 0 Å². The molecule has 1 rings (SSSR count). The van der Waals surface area contributed by atoms with Gasteiger partial charge in [-0.3, -0.25) is 0 Å². The smallest absolute Gasteiger partial charge is 0.144 e. The van der Waals surface area contributed by atoms with Gasteiger partial charge in [0.05, 0.1) is 12.3 Å². The Balaban J connectivity index is 2.23. The van der Waals surface area contributed by atoms with E-state index in [1.807, 2.05) is 25.1 Å². The Morgan fingerprint density at radius 1 is 1.05 bits per heavy atom. The van der Waals surface area contributed by atoms with Crippen molar-refractivity contribution in [3.8, 4) is 5.75 Å². The zero-order valence-electron chi connectivity index (χ0n) is 12.4. The molecule has 0 aliphatic carbocycles. The second-order valence-corrected chi connectivity index (χ2v) is 4.88. The number of unbranched alkanes of at least 4 members (excludes halogenated alkanes) is 5. The van der Waals surface area contributed by atoms with Crippen LogP contribution in [0.25, 0.3) is 0 Å². The molecule has 3 N–H and O–H groups in total. The Hall–Kier alpha value is -1.38. The van der Waals surface area contributed by atoms with Crippen LogP contribution in [-0.4, -0.2) is 13.2 Å². The summed E-state index contributed by atoms with van der Waals surface area (Å²) in [7, 11) is 0. The lowest BCUT2D eigenvalue weighted by atomic mass is 10.1. The first-order valence-electron chi connectivity index (χ1n) is 7.54. The van der Waals surface area contributed by atoms with Gasteiger partial charge in [0.15, 0.2) is 0 Å².